The first-order chi connectivity index (χ1) is 20.0. The second kappa shape index (κ2) is 13.9. The molecule has 2 aliphatic heterocycles. The third kappa shape index (κ3) is 7.50. The third-order valence-corrected chi connectivity index (χ3v) is 9.02. The van der Waals surface area contributed by atoms with Gasteiger partial charge in [0.15, 0.2) is 12.3 Å². The van der Waals surface area contributed by atoms with Crippen LogP contribution in [0.4, 0.5) is 0 Å². The molecule has 6 N–H and O–H groups in total. The molecule has 2 heterocycles. The number of esters is 1. The number of fused-ring (bicyclic) bond motifs is 1. The zero-order valence-corrected chi connectivity index (χ0v) is 26.0. The first kappa shape index (κ1) is 34.7. The number of benzene rings is 1. The van der Waals surface area contributed by atoms with Gasteiger partial charge < -0.3 is 49.8 Å². The summed E-state index contributed by atoms with van der Waals surface area (Å²) in [4.78, 5) is 25.6. The van der Waals surface area contributed by atoms with Crippen molar-refractivity contribution in [2.45, 2.75) is 109 Å². The van der Waals surface area contributed by atoms with Gasteiger partial charge in [0.2, 0.25) is 0 Å². The number of aromatic hydroxyl groups is 2. The summed E-state index contributed by atoms with van der Waals surface area (Å²) in [6.07, 6.45) is -6.89. The number of rotatable bonds is 12. The van der Waals surface area contributed by atoms with Crippen molar-refractivity contribution in [3.8, 4) is 11.5 Å². The standard InChI is InChI=1S/C31H47NO11/c1-14(2)9-22(40-7)27(37)28(38)32-29(41-8)23-13-24(36)31(5,6)25(42-23)12-19(34)16(4)21-10-17-15(3)18(33)11-20(35)26(17)30(39)43-21/h11,16,19,21-25,27,29,33-37H,1,9-10,12-13H2,2-8H3,(H,32,38)/t16-,19+,21-,22?,23+,24-,25-,27+,29+/m1/s1. The van der Waals surface area contributed by atoms with Gasteiger partial charge in [-0.2, -0.15) is 0 Å². The Morgan fingerprint density at radius 1 is 1.19 bits per heavy atom. The Balaban J connectivity index is 1.73. The summed E-state index contributed by atoms with van der Waals surface area (Å²) in [5.74, 6) is -2.57. The molecule has 0 bridgehead atoms. The van der Waals surface area contributed by atoms with Crippen molar-refractivity contribution < 1.29 is 54.1 Å². The number of cyclic esters (lactones) is 1. The average molecular weight is 610 g/mol. The molecule has 0 radical (unpaired) electrons. The normalized spacial score (nSPS) is 26.8. The number of ether oxygens (including phenoxy) is 4. The van der Waals surface area contributed by atoms with Crippen LogP contribution in [0.3, 0.4) is 0 Å². The minimum Gasteiger partial charge on any atom is -0.508 e. The molecule has 0 aromatic heterocycles. The fourth-order valence-electron chi connectivity index (χ4n) is 5.80. The Labute approximate surface area is 252 Å². The van der Waals surface area contributed by atoms with Gasteiger partial charge >= 0.3 is 5.97 Å². The molecule has 1 saturated heterocycles. The van der Waals surface area contributed by atoms with E-state index in [4.69, 9.17) is 18.9 Å². The number of methoxy groups -OCH3 is 2. The molecule has 3 rings (SSSR count). The van der Waals surface area contributed by atoms with E-state index in [9.17, 15) is 35.1 Å². The number of aliphatic hydroxyl groups excluding tert-OH is 3. The maximum atomic E-state index is 12.9. The van der Waals surface area contributed by atoms with Gasteiger partial charge in [0, 0.05) is 50.9 Å². The summed E-state index contributed by atoms with van der Waals surface area (Å²) in [6, 6.07) is 1.10. The molecule has 12 heteroatoms. The molecular formula is C31H47NO11. The molecule has 43 heavy (non-hydrogen) atoms. The number of hydrogen-bond donors (Lipinski definition) is 6. The van der Waals surface area contributed by atoms with Gasteiger partial charge in [-0.1, -0.05) is 26.3 Å². The summed E-state index contributed by atoms with van der Waals surface area (Å²) in [5, 5.41) is 56.0. The number of phenols is 2. The number of carbonyl (C=O) groups excluding carboxylic acids is 2. The molecule has 1 aromatic carbocycles. The van der Waals surface area contributed by atoms with Crippen LogP contribution in [0, 0.1) is 18.3 Å². The highest BCUT2D eigenvalue weighted by molar-refractivity contribution is 5.96. The number of phenolic OH excluding ortho intramolecular Hbond substituents is 2. The highest BCUT2D eigenvalue weighted by Crippen LogP contribution is 2.42. The van der Waals surface area contributed by atoms with Crippen LogP contribution < -0.4 is 5.32 Å². The Hall–Kier alpha value is -2.74. The summed E-state index contributed by atoms with van der Waals surface area (Å²) in [7, 11) is 2.76. The van der Waals surface area contributed by atoms with Crippen molar-refractivity contribution in [3.05, 3.63) is 34.9 Å². The molecule has 242 valence electrons. The number of hydrogen-bond acceptors (Lipinski definition) is 11. The SMILES string of the molecule is C=C(C)CC(OC)[C@H](O)C(=O)N[C@@H](OC)[C@@H]1C[C@@H](O)C(C)(C)[C@@H](C[C@H](O)[C@@H](C)[C@H]2Cc3c(C)c(O)cc(O)c3C(=O)O2)O1. The van der Waals surface area contributed by atoms with Crippen LogP contribution in [0.5, 0.6) is 11.5 Å². The molecule has 1 aromatic rings. The first-order valence-electron chi connectivity index (χ1n) is 14.5. The second-order valence-electron chi connectivity index (χ2n) is 12.5. The first-order valence-corrected chi connectivity index (χ1v) is 14.5. The Morgan fingerprint density at radius 2 is 1.84 bits per heavy atom. The van der Waals surface area contributed by atoms with Crippen LogP contribution in [-0.4, -0.2) is 101 Å². The van der Waals surface area contributed by atoms with E-state index in [1.807, 2.05) is 13.8 Å². The number of aliphatic hydroxyl groups is 3. The Morgan fingerprint density at radius 3 is 2.42 bits per heavy atom. The van der Waals surface area contributed by atoms with Crippen LogP contribution in [0.25, 0.3) is 0 Å². The van der Waals surface area contributed by atoms with Gasteiger partial charge in [-0.25, -0.2) is 4.79 Å². The summed E-state index contributed by atoms with van der Waals surface area (Å²) >= 11 is 0. The van der Waals surface area contributed by atoms with Crippen molar-refractivity contribution in [3.63, 3.8) is 0 Å². The van der Waals surface area contributed by atoms with Gasteiger partial charge in [-0.05, 0) is 31.4 Å². The van der Waals surface area contributed by atoms with Crippen molar-refractivity contribution in [1.82, 2.24) is 5.32 Å². The highest BCUT2D eigenvalue weighted by Gasteiger charge is 2.48. The Bertz CT molecular complexity index is 1180. The van der Waals surface area contributed by atoms with Crippen molar-refractivity contribution in [2.24, 2.45) is 11.3 Å². The lowest BCUT2D eigenvalue weighted by Crippen LogP contribution is -2.59. The van der Waals surface area contributed by atoms with E-state index in [1.54, 1.807) is 20.8 Å². The van der Waals surface area contributed by atoms with Crippen molar-refractivity contribution in [2.75, 3.05) is 14.2 Å². The Kier molecular flexibility index (Phi) is 11.2. The maximum Gasteiger partial charge on any atom is 0.342 e. The average Bonchev–Trinajstić information content (AvgIpc) is 2.94. The van der Waals surface area contributed by atoms with Crippen molar-refractivity contribution in [1.29, 1.82) is 0 Å². The van der Waals surface area contributed by atoms with Crippen LogP contribution in [-0.2, 0) is 30.2 Å². The van der Waals surface area contributed by atoms with Gasteiger partial charge in [0.05, 0.1) is 24.4 Å². The van der Waals surface area contributed by atoms with Gasteiger partial charge in [0.1, 0.15) is 29.3 Å². The lowest BCUT2D eigenvalue weighted by molar-refractivity contribution is -0.217. The van der Waals surface area contributed by atoms with Gasteiger partial charge in [0.25, 0.3) is 5.91 Å². The number of nitrogens with one attached hydrogen (secondary N) is 1. The minimum atomic E-state index is -1.50. The summed E-state index contributed by atoms with van der Waals surface area (Å²) in [5.41, 5.74) is 0.851. The molecule has 1 unspecified atom stereocenters. The number of amides is 1. The molecule has 0 spiro atoms. The van der Waals surface area contributed by atoms with E-state index >= 15 is 0 Å². The van der Waals surface area contributed by atoms with Crippen LogP contribution >= 0.6 is 0 Å². The van der Waals surface area contributed by atoms with Crippen LogP contribution in [0.15, 0.2) is 18.2 Å². The topological polar surface area (TPSA) is 184 Å². The molecule has 0 aliphatic carbocycles. The van der Waals surface area contributed by atoms with Crippen LogP contribution in [0.2, 0.25) is 0 Å². The van der Waals surface area contributed by atoms with E-state index in [-0.39, 0.29) is 42.7 Å². The van der Waals surface area contributed by atoms with Gasteiger partial charge in [-0.15, -0.1) is 6.58 Å². The molecule has 2 aliphatic rings. The monoisotopic (exact) mass is 609 g/mol. The van der Waals surface area contributed by atoms with Crippen LogP contribution in [0.1, 0.15) is 68.4 Å². The molecule has 1 amide bonds. The summed E-state index contributed by atoms with van der Waals surface area (Å²) in [6.45, 7) is 12.6. The lowest BCUT2D eigenvalue weighted by Gasteiger charge is -2.48. The fourth-order valence-corrected chi connectivity index (χ4v) is 5.80. The predicted molar refractivity (Wildman–Crippen MR) is 155 cm³/mol. The molecular weight excluding hydrogens is 562 g/mol. The lowest BCUT2D eigenvalue weighted by atomic mass is 9.73. The highest BCUT2D eigenvalue weighted by atomic mass is 16.6. The predicted octanol–water partition coefficient (Wildman–Crippen LogP) is 1.85. The smallest absolute Gasteiger partial charge is 0.342 e. The van der Waals surface area contributed by atoms with E-state index in [0.29, 0.717) is 11.1 Å². The number of carbonyl (C=O) groups is 2. The zero-order valence-electron chi connectivity index (χ0n) is 26.0. The molecule has 9 atom stereocenters. The summed E-state index contributed by atoms with van der Waals surface area (Å²) < 4.78 is 22.7. The minimum absolute atomic E-state index is 0.00479. The van der Waals surface area contributed by atoms with E-state index in [0.717, 1.165) is 11.6 Å². The third-order valence-electron chi connectivity index (χ3n) is 9.02. The maximum absolute atomic E-state index is 12.9. The largest absolute Gasteiger partial charge is 0.508 e. The zero-order chi connectivity index (χ0) is 32.4. The van der Waals surface area contributed by atoms with Crippen molar-refractivity contribution >= 4 is 11.9 Å². The second-order valence-corrected chi connectivity index (χ2v) is 12.5. The van der Waals surface area contributed by atoms with E-state index < -0.39 is 72.2 Å². The quantitative estimate of drug-likeness (QED) is 0.115. The molecule has 0 saturated carbocycles. The van der Waals surface area contributed by atoms with E-state index in [2.05, 4.69) is 11.9 Å². The fraction of sp³-hybridized carbons (Fsp3) is 0.677. The van der Waals surface area contributed by atoms with E-state index in [1.165, 1.54) is 14.2 Å². The molecule has 1 fully saturated rings. The molecule has 12 nitrogen and oxygen atoms in total. The van der Waals surface area contributed by atoms with Gasteiger partial charge in [-0.3, -0.25) is 4.79 Å².